The number of hydrogen-bond donors (Lipinski definition) is 0. The number of hydrogen-bond acceptors (Lipinski definition) is 3. The smallest absolute Gasteiger partial charge is 0.256 e. The van der Waals surface area contributed by atoms with E-state index < -0.39 is 21.9 Å². The minimum atomic E-state index is -4.36. The van der Waals surface area contributed by atoms with E-state index in [9.17, 15) is 21.6 Å². The molecule has 2 aromatic rings. The fourth-order valence-corrected chi connectivity index (χ4v) is 4.64. The maximum atomic E-state index is 12.7. The van der Waals surface area contributed by atoms with Gasteiger partial charge in [-0.25, -0.2) is 0 Å². The Balaban J connectivity index is 1.81. The zero-order valence-electron chi connectivity index (χ0n) is 15.6. The van der Waals surface area contributed by atoms with Gasteiger partial charge in [-0.2, -0.15) is 30.2 Å². The first kappa shape index (κ1) is 20.8. The van der Waals surface area contributed by atoms with Crippen LogP contribution in [0.2, 0.25) is 0 Å². The summed E-state index contributed by atoms with van der Waals surface area (Å²) >= 11 is 0. The normalized spacial score (nSPS) is 18.7. The summed E-state index contributed by atoms with van der Waals surface area (Å²) < 4.78 is 65.8. The van der Waals surface area contributed by atoms with Crippen LogP contribution in [0.1, 0.15) is 41.4 Å². The van der Waals surface area contributed by atoms with Gasteiger partial charge in [-0.3, -0.25) is 4.98 Å². The van der Waals surface area contributed by atoms with Crippen molar-refractivity contribution < 1.29 is 21.6 Å². The maximum Gasteiger partial charge on any atom is 0.416 e. The molecule has 2 heterocycles. The summed E-state index contributed by atoms with van der Waals surface area (Å²) in [4.78, 5) is 4.60. The average molecular weight is 413 g/mol. The molecule has 0 N–H and O–H groups in total. The lowest BCUT2D eigenvalue weighted by atomic mass is 10.1. The van der Waals surface area contributed by atoms with Gasteiger partial charge in [-0.1, -0.05) is 18.2 Å². The number of aromatic nitrogens is 1. The molecule has 1 aliphatic rings. The van der Waals surface area contributed by atoms with E-state index in [0.717, 1.165) is 18.6 Å². The SMILES string of the molecule is CN(C)S(=O)(=O)N1CCC[C@@H]1c1cccc(Cc2ccc(C(F)(F)F)cc2)n1. The van der Waals surface area contributed by atoms with Crippen LogP contribution in [0.15, 0.2) is 42.5 Å². The molecule has 0 saturated carbocycles. The van der Waals surface area contributed by atoms with Gasteiger partial charge < -0.3 is 0 Å². The van der Waals surface area contributed by atoms with E-state index in [0.29, 0.717) is 36.3 Å². The number of alkyl halides is 3. The fourth-order valence-electron chi connectivity index (χ4n) is 3.32. The van der Waals surface area contributed by atoms with E-state index in [1.165, 1.54) is 34.8 Å². The van der Waals surface area contributed by atoms with Gasteiger partial charge in [0.2, 0.25) is 0 Å². The molecular weight excluding hydrogens is 391 g/mol. The third-order valence-corrected chi connectivity index (χ3v) is 6.75. The van der Waals surface area contributed by atoms with Gasteiger partial charge >= 0.3 is 6.18 Å². The molecule has 1 atom stereocenters. The number of halogens is 3. The molecule has 0 spiro atoms. The second kappa shape index (κ2) is 7.81. The van der Waals surface area contributed by atoms with Crippen LogP contribution in [0.3, 0.4) is 0 Å². The highest BCUT2D eigenvalue weighted by Gasteiger charge is 2.37. The summed E-state index contributed by atoms with van der Waals surface area (Å²) in [5, 5.41) is 0. The lowest BCUT2D eigenvalue weighted by Crippen LogP contribution is -2.39. The summed E-state index contributed by atoms with van der Waals surface area (Å²) in [5.41, 5.74) is 1.37. The predicted octanol–water partition coefficient (Wildman–Crippen LogP) is 3.63. The Morgan fingerprint density at radius 2 is 1.82 bits per heavy atom. The van der Waals surface area contributed by atoms with Crippen molar-refractivity contribution >= 4 is 10.2 Å². The van der Waals surface area contributed by atoms with Crippen molar-refractivity contribution in [3.05, 3.63) is 65.0 Å². The molecule has 1 aliphatic heterocycles. The summed E-state index contributed by atoms with van der Waals surface area (Å²) in [5.74, 6) is 0. The van der Waals surface area contributed by atoms with E-state index in [4.69, 9.17) is 0 Å². The second-order valence-corrected chi connectivity index (χ2v) is 9.08. The van der Waals surface area contributed by atoms with Gasteiger partial charge in [0.15, 0.2) is 0 Å². The van der Waals surface area contributed by atoms with Crippen LogP contribution in [0.5, 0.6) is 0 Å². The molecule has 1 aromatic heterocycles. The standard InChI is InChI=1S/C19H22F3N3O2S/c1-24(2)28(26,27)25-12-4-7-18(25)17-6-3-5-16(23-17)13-14-8-10-15(11-9-14)19(20,21)22/h3,5-6,8-11,18H,4,7,12-13H2,1-2H3/t18-/m1/s1. The fraction of sp³-hybridized carbons (Fsp3) is 0.421. The van der Waals surface area contributed by atoms with Gasteiger partial charge in [0.25, 0.3) is 10.2 Å². The molecule has 1 aromatic carbocycles. The quantitative estimate of drug-likeness (QED) is 0.752. The molecule has 1 saturated heterocycles. The predicted molar refractivity (Wildman–Crippen MR) is 99.8 cm³/mol. The van der Waals surface area contributed by atoms with Crippen LogP contribution in [-0.4, -0.2) is 42.7 Å². The highest BCUT2D eigenvalue weighted by molar-refractivity contribution is 7.86. The second-order valence-electron chi connectivity index (χ2n) is 6.98. The number of pyridine rings is 1. The molecule has 0 amide bonds. The topological polar surface area (TPSA) is 53.5 Å². The lowest BCUT2D eigenvalue weighted by Gasteiger charge is -2.26. The Morgan fingerprint density at radius 3 is 2.43 bits per heavy atom. The zero-order chi connectivity index (χ0) is 20.5. The van der Waals surface area contributed by atoms with Gasteiger partial charge in [-0.05, 0) is 42.7 Å². The van der Waals surface area contributed by atoms with Crippen LogP contribution in [-0.2, 0) is 22.8 Å². The maximum absolute atomic E-state index is 12.7. The monoisotopic (exact) mass is 413 g/mol. The van der Waals surface area contributed by atoms with Crippen LogP contribution in [0.4, 0.5) is 13.2 Å². The highest BCUT2D eigenvalue weighted by atomic mass is 32.2. The number of benzene rings is 1. The molecule has 0 bridgehead atoms. The largest absolute Gasteiger partial charge is 0.416 e. The molecule has 152 valence electrons. The van der Waals surface area contributed by atoms with E-state index in [1.54, 1.807) is 18.2 Å². The lowest BCUT2D eigenvalue weighted by molar-refractivity contribution is -0.137. The van der Waals surface area contributed by atoms with Crippen LogP contribution in [0.25, 0.3) is 0 Å². The Morgan fingerprint density at radius 1 is 1.14 bits per heavy atom. The molecule has 9 heteroatoms. The summed E-state index contributed by atoms with van der Waals surface area (Å²) in [6, 6.07) is 10.1. The molecular formula is C19H22F3N3O2S. The number of rotatable bonds is 5. The van der Waals surface area contributed by atoms with Crippen molar-refractivity contribution in [1.29, 1.82) is 0 Å². The molecule has 5 nitrogen and oxygen atoms in total. The van der Waals surface area contributed by atoms with Gasteiger partial charge in [0, 0.05) is 32.8 Å². The Labute approximate surface area is 163 Å². The van der Waals surface area contributed by atoms with Gasteiger partial charge in [0.1, 0.15) is 0 Å². The first-order valence-electron chi connectivity index (χ1n) is 8.90. The molecule has 0 aliphatic carbocycles. The Bertz CT molecular complexity index is 928. The van der Waals surface area contributed by atoms with E-state index >= 15 is 0 Å². The summed E-state index contributed by atoms with van der Waals surface area (Å²) in [7, 11) is -0.546. The highest BCUT2D eigenvalue weighted by Crippen LogP contribution is 2.34. The van der Waals surface area contributed by atoms with E-state index in [2.05, 4.69) is 4.98 Å². The Kier molecular flexibility index (Phi) is 5.79. The van der Waals surface area contributed by atoms with E-state index in [-0.39, 0.29) is 6.04 Å². The average Bonchev–Trinajstić information content (AvgIpc) is 3.12. The molecule has 3 rings (SSSR count). The van der Waals surface area contributed by atoms with Gasteiger partial charge in [-0.15, -0.1) is 0 Å². The minimum Gasteiger partial charge on any atom is -0.256 e. The van der Waals surface area contributed by atoms with Crippen molar-refractivity contribution in [2.75, 3.05) is 20.6 Å². The van der Waals surface area contributed by atoms with Crippen LogP contribution >= 0.6 is 0 Å². The summed E-state index contributed by atoms with van der Waals surface area (Å²) in [6.45, 7) is 0.440. The van der Waals surface area contributed by atoms with E-state index in [1.807, 2.05) is 0 Å². The Hall–Kier alpha value is -1.97. The van der Waals surface area contributed by atoms with Crippen molar-refractivity contribution in [3.8, 4) is 0 Å². The van der Waals surface area contributed by atoms with Crippen molar-refractivity contribution in [2.45, 2.75) is 31.5 Å². The van der Waals surface area contributed by atoms with Crippen molar-refractivity contribution in [2.24, 2.45) is 0 Å². The van der Waals surface area contributed by atoms with Crippen LogP contribution in [0, 0.1) is 0 Å². The first-order valence-corrected chi connectivity index (χ1v) is 10.3. The molecule has 28 heavy (non-hydrogen) atoms. The molecule has 0 radical (unpaired) electrons. The molecule has 1 fully saturated rings. The molecule has 0 unspecified atom stereocenters. The van der Waals surface area contributed by atoms with Crippen molar-refractivity contribution in [1.82, 2.24) is 13.6 Å². The van der Waals surface area contributed by atoms with Crippen molar-refractivity contribution in [3.63, 3.8) is 0 Å². The third-order valence-electron chi connectivity index (χ3n) is 4.80. The first-order chi connectivity index (χ1) is 13.1. The zero-order valence-corrected chi connectivity index (χ0v) is 16.5. The number of nitrogens with zero attached hydrogens (tertiary/aromatic N) is 3. The van der Waals surface area contributed by atoms with Crippen LogP contribution < -0.4 is 0 Å². The third kappa shape index (κ3) is 4.37. The summed E-state index contributed by atoms with van der Waals surface area (Å²) in [6.07, 6.45) is -2.55. The van der Waals surface area contributed by atoms with Gasteiger partial charge in [0.05, 0.1) is 17.3 Å². The minimum absolute atomic E-state index is 0.333.